The van der Waals surface area contributed by atoms with E-state index in [2.05, 4.69) is 10.3 Å². The Hall–Kier alpha value is -3.00. The molecule has 1 fully saturated rings. The Morgan fingerprint density at radius 1 is 1.10 bits per heavy atom. The number of benzene rings is 1. The van der Waals surface area contributed by atoms with Crippen molar-refractivity contribution in [3.63, 3.8) is 0 Å². The number of hydrogen-bond acceptors (Lipinski definition) is 5. The highest BCUT2D eigenvalue weighted by Crippen LogP contribution is 2.20. The second-order valence-corrected chi connectivity index (χ2v) is 7.25. The van der Waals surface area contributed by atoms with Crippen LogP contribution in [-0.2, 0) is 0 Å². The van der Waals surface area contributed by atoms with E-state index in [1.807, 2.05) is 23.9 Å². The van der Waals surface area contributed by atoms with Crippen LogP contribution in [0.2, 0.25) is 0 Å². The summed E-state index contributed by atoms with van der Waals surface area (Å²) in [5.74, 6) is -0.684. The Labute approximate surface area is 170 Å². The number of anilines is 1. The number of carbonyl (C=O) groups excluding carboxylic acids is 2. The Morgan fingerprint density at radius 2 is 1.79 bits per heavy atom. The van der Waals surface area contributed by atoms with Gasteiger partial charge in [0.2, 0.25) is 0 Å². The van der Waals surface area contributed by atoms with Gasteiger partial charge in [0.1, 0.15) is 5.82 Å². The number of carbonyl (C=O) groups is 2. The summed E-state index contributed by atoms with van der Waals surface area (Å²) in [5, 5.41) is 2.82. The normalized spacial score (nSPS) is 14.2. The van der Waals surface area contributed by atoms with Crippen LogP contribution in [0.4, 0.5) is 10.1 Å². The van der Waals surface area contributed by atoms with E-state index in [9.17, 15) is 14.0 Å². The number of pyridine rings is 1. The number of para-hydroxylation sites is 1. The molecule has 8 heteroatoms. The summed E-state index contributed by atoms with van der Waals surface area (Å²) in [7, 11) is 3.86. The number of hydrogen-bond donors (Lipinski definition) is 1. The largest absolute Gasteiger partial charge is 0.366 e. The minimum atomic E-state index is -0.260. The molecule has 154 valence electrons. The summed E-state index contributed by atoms with van der Waals surface area (Å²) in [5.41, 5.74) is 1.29. The van der Waals surface area contributed by atoms with Gasteiger partial charge in [-0.05, 0) is 32.3 Å². The van der Waals surface area contributed by atoms with Crippen LogP contribution >= 0.6 is 0 Å². The Bertz CT molecular complexity index is 866. The fourth-order valence-corrected chi connectivity index (χ4v) is 3.22. The molecule has 0 spiro atoms. The van der Waals surface area contributed by atoms with Gasteiger partial charge >= 0.3 is 0 Å². The van der Waals surface area contributed by atoms with Crippen LogP contribution < -0.4 is 10.2 Å². The smallest absolute Gasteiger partial charge is 0.255 e. The van der Waals surface area contributed by atoms with Gasteiger partial charge in [-0.25, -0.2) is 4.39 Å². The van der Waals surface area contributed by atoms with Crippen LogP contribution in [0.25, 0.3) is 0 Å². The van der Waals surface area contributed by atoms with Gasteiger partial charge in [0.05, 0.1) is 16.8 Å². The number of piperazine rings is 1. The molecule has 1 aliphatic rings. The van der Waals surface area contributed by atoms with Gasteiger partial charge in [0, 0.05) is 51.7 Å². The van der Waals surface area contributed by atoms with E-state index in [0.717, 1.165) is 6.54 Å². The van der Waals surface area contributed by atoms with Crippen molar-refractivity contribution in [3.8, 4) is 0 Å². The molecule has 0 unspecified atom stereocenters. The van der Waals surface area contributed by atoms with Gasteiger partial charge in [-0.3, -0.25) is 14.6 Å². The van der Waals surface area contributed by atoms with Gasteiger partial charge in [-0.1, -0.05) is 12.1 Å². The Morgan fingerprint density at radius 3 is 2.48 bits per heavy atom. The highest BCUT2D eigenvalue weighted by molar-refractivity contribution is 5.99. The minimum absolute atomic E-state index is 0.173. The SMILES string of the molecule is CN(C)CCNC(=O)c1cncc(C(=O)N2CCN(c3ccccc3F)CC2)c1. The molecule has 0 aliphatic carbocycles. The van der Waals surface area contributed by atoms with E-state index in [-0.39, 0.29) is 17.6 Å². The second kappa shape index (κ2) is 9.47. The lowest BCUT2D eigenvalue weighted by molar-refractivity contribution is 0.0746. The molecular formula is C21H26FN5O2. The molecule has 1 aromatic heterocycles. The molecule has 0 atom stereocenters. The summed E-state index contributed by atoms with van der Waals surface area (Å²) in [6.07, 6.45) is 2.93. The molecule has 0 radical (unpaired) electrons. The summed E-state index contributed by atoms with van der Waals surface area (Å²) in [4.78, 5) is 34.8. The summed E-state index contributed by atoms with van der Waals surface area (Å²) in [6, 6.07) is 8.22. The average Bonchev–Trinajstić information content (AvgIpc) is 2.73. The zero-order valence-corrected chi connectivity index (χ0v) is 16.8. The lowest BCUT2D eigenvalue weighted by Crippen LogP contribution is -2.49. The van der Waals surface area contributed by atoms with Crippen molar-refractivity contribution >= 4 is 17.5 Å². The zero-order valence-electron chi connectivity index (χ0n) is 16.8. The van der Waals surface area contributed by atoms with Crippen molar-refractivity contribution in [2.75, 3.05) is 58.3 Å². The van der Waals surface area contributed by atoms with Gasteiger partial charge < -0.3 is 20.0 Å². The first-order valence-electron chi connectivity index (χ1n) is 9.62. The van der Waals surface area contributed by atoms with Gasteiger partial charge in [-0.2, -0.15) is 0 Å². The first-order chi connectivity index (χ1) is 14.0. The van der Waals surface area contributed by atoms with Crippen molar-refractivity contribution in [1.82, 2.24) is 20.1 Å². The number of aromatic nitrogens is 1. The van der Waals surface area contributed by atoms with Crippen molar-refractivity contribution < 1.29 is 14.0 Å². The van der Waals surface area contributed by atoms with Gasteiger partial charge in [0.15, 0.2) is 0 Å². The van der Waals surface area contributed by atoms with Crippen LogP contribution in [0.3, 0.4) is 0 Å². The molecule has 3 rings (SSSR count). The molecule has 29 heavy (non-hydrogen) atoms. The monoisotopic (exact) mass is 399 g/mol. The van der Waals surface area contributed by atoms with Crippen LogP contribution in [0.1, 0.15) is 20.7 Å². The minimum Gasteiger partial charge on any atom is -0.366 e. The first-order valence-corrected chi connectivity index (χ1v) is 9.62. The van der Waals surface area contributed by atoms with Crippen LogP contribution in [0.15, 0.2) is 42.7 Å². The number of nitrogens with one attached hydrogen (secondary N) is 1. The molecule has 1 aromatic carbocycles. The number of amides is 2. The standard InChI is InChI=1S/C21H26FN5O2/c1-25(2)8-7-24-20(28)16-13-17(15-23-14-16)21(29)27-11-9-26(10-12-27)19-6-4-3-5-18(19)22/h3-6,13-15H,7-12H2,1-2H3,(H,24,28). The zero-order chi connectivity index (χ0) is 20.8. The Kier molecular flexibility index (Phi) is 6.77. The van der Waals surface area contributed by atoms with Crippen molar-refractivity contribution in [1.29, 1.82) is 0 Å². The third-order valence-electron chi connectivity index (χ3n) is 4.85. The van der Waals surface area contributed by atoms with E-state index in [1.54, 1.807) is 29.2 Å². The number of rotatable bonds is 6. The lowest BCUT2D eigenvalue weighted by Gasteiger charge is -2.36. The van der Waals surface area contributed by atoms with E-state index in [0.29, 0.717) is 49.5 Å². The highest BCUT2D eigenvalue weighted by Gasteiger charge is 2.24. The van der Waals surface area contributed by atoms with Crippen LogP contribution in [-0.4, -0.2) is 80.0 Å². The summed E-state index contributed by atoms with van der Waals surface area (Å²) < 4.78 is 14.0. The average molecular weight is 399 g/mol. The maximum absolute atomic E-state index is 14.0. The topological polar surface area (TPSA) is 68.8 Å². The maximum Gasteiger partial charge on any atom is 0.255 e. The number of halogens is 1. The molecule has 1 aliphatic heterocycles. The molecule has 0 saturated carbocycles. The predicted octanol–water partition coefficient (Wildman–Crippen LogP) is 1.47. The lowest BCUT2D eigenvalue weighted by atomic mass is 10.1. The number of likely N-dealkylation sites (N-methyl/N-ethyl adjacent to an activating group) is 1. The third-order valence-corrected chi connectivity index (χ3v) is 4.85. The first kappa shape index (κ1) is 20.7. The van der Waals surface area contributed by atoms with Gasteiger partial charge in [0.25, 0.3) is 11.8 Å². The van der Waals surface area contributed by atoms with Crippen molar-refractivity contribution in [2.24, 2.45) is 0 Å². The molecule has 7 nitrogen and oxygen atoms in total. The van der Waals surface area contributed by atoms with Gasteiger partial charge in [-0.15, -0.1) is 0 Å². The van der Waals surface area contributed by atoms with E-state index in [1.165, 1.54) is 18.5 Å². The number of nitrogens with zero attached hydrogens (tertiary/aromatic N) is 4. The molecule has 2 heterocycles. The molecule has 2 amide bonds. The fourth-order valence-electron chi connectivity index (χ4n) is 3.22. The fraction of sp³-hybridized carbons (Fsp3) is 0.381. The second-order valence-electron chi connectivity index (χ2n) is 7.25. The van der Waals surface area contributed by atoms with Crippen molar-refractivity contribution in [2.45, 2.75) is 0 Å². The third kappa shape index (κ3) is 5.29. The molecular weight excluding hydrogens is 373 g/mol. The molecule has 2 aromatic rings. The maximum atomic E-state index is 14.0. The van der Waals surface area contributed by atoms with Crippen LogP contribution in [0, 0.1) is 5.82 Å². The van der Waals surface area contributed by atoms with E-state index in [4.69, 9.17) is 0 Å². The molecule has 1 N–H and O–H groups in total. The van der Waals surface area contributed by atoms with E-state index < -0.39 is 0 Å². The summed E-state index contributed by atoms with van der Waals surface area (Å²) >= 11 is 0. The molecule has 0 bridgehead atoms. The summed E-state index contributed by atoms with van der Waals surface area (Å²) in [6.45, 7) is 3.29. The van der Waals surface area contributed by atoms with Crippen LogP contribution in [0.5, 0.6) is 0 Å². The van der Waals surface area contributed by atoms with E-state index >= 15 is 0 Å². The van der Waals surface area contributed by atoms with Crippen molar-refractivity contribution in [3.05, 3.63) is 59.7 Å². The quantitative estimate of drug-likeness (QED) is 0.797. The highest BCUT2D eigenvalue weighted by atomic mass is 19.1. The molecule has 1 saturated heterocycles. The Balaban J connectivity index is 1.60. The predicted molar refractivity (Wildman–Crippen MR) is 110 cm³/mol.